The molecule has 0 aromatic heterocycles. The molecule has 2 aliphatic heterocycles. The van der Waals surface area contributed by atoms with Crippen LogP contribution in [0.25, 0.3) is 0 Å². The predicted octanol–water partition coefficient (Wildman–Crippen LogP) is 3.79. The molecule has 5 nitrogen and oxygen atoms in total. The van der Waals surface area contributed by atoms with Crippen molar-refractivity contribution < 1.29 is 23.4 Å². The molecule has 0 spiro atoms. The highest BCUT2D eigenvalue weighted by molar-refractivity contribution is 6.74. The fourth-order valence-electron chi connectivity index (χ4n) is 2.75. The van der Waals surface area contributed by atoms with Crippen molar-refractivity contribution in [1.82, 2.24) is 0 Å². The second-order valence-corrected chi connectivity index (χ2v) is 12.8. The molecule has 0 aromatic carbocycles. The summed E-state index contributed by atoms with van der Waals surface area (Å²) in [5.74, 6) is -0.153. The summed E-state index contributed by atoms with van der Waals surface area (Å²) >= 11 is 0. The normalized spacial score (nSPS) is 28.2. The third-order valence-corrected chi connectivity index (χ3v) is 9.67. The molecule has 2 aliphatic rings. The molecule has 6 heteroatoms. The van der Waals surface area contributed by atoms with Crippen LogP contribution < -0.4 is 0 Å². The van der Waals surface area contributed by atoms with E-state index in [1.807, 2.05) is 0 Å². The van der Waals surface area contributed by atoms with Crippen LogP contribution in [0.1, 0.15) is 47.0 Å². The van der Waals surface area contributed by atoms with Gasteiger partial charge in [0.15, 0.2) is 14.4 Å². The number of esters is 1. The highest BCUT2D eigenvalue weighted by Gasteiger charge is 2.46. The quantitative estimate of drug-likeness (QED) is 0.554. The Morgan fingerprint density at radius 1 is 1.33 bits per heavy atom. The van der Waals surface area contributed by atoms with E-state index >= 15 is 0 Å². The minimum absolute atomic E-state index is 0.0308. The summed E-state index contributed by atoms with van der Waals surface area (Å²) in [5.41, 5.74) is 0. The van der Waals surface area contributed by atoms with Crippen LogP contribution in [-0.4, -0.2) is 45.8 Å². The first kappa shape index (κ1) is 19.5. The van der Waals surface area contributed by atoms with Gasteiger partial charge in [-0.15, -0.1) is 0 Å². The molecule has 2 rings (SSSR count). The summed E-state index contributed by atoms with van der Waals surface area (Å²) in [4.78, 5) is 12.1. The Bertz CT molecular complexity index is 474. The molecule has 0 bridgehead atoms. The van der Waals surface area contributed by atoms with Gasteiger partial charge in [-0.05, 0) is 50.4 Å². The van der Waals surface area contributed by atoms with Gasteiger partial charge in [-0.25, -0.2) is 4.79 Å². The summed E-state index contributed by atoms with van der Waals surface area (Å²) in [5, 5.41) is 0.0888. The summed E-state index contributed by atoms with van der Waals surface area (Å²) < 4.78 is 23.5. The number of hydrogen-bond donors (Lipinski definition) is 0. The molecular formula is C18H32O5Si. The van der Waals surface area contributed by atoms with Gasteiger partial charge in [-0.1, -0.05) is 20.8 Å². The standard InChI is InChI=1S/C18H32O5Si/c1-7-20-17(19)15-12-14(23-24(5,6)18(2,3)4)16(22-15)13-10-8-9-11-21-13/h12-14,16H,7-11H2,1-6H3/t13?,14-,16+/m0/s1. The van der Waals surface area contributed by atoms with E-state index < -0.39 is 14.3 Å². The Balaban J connectivity index is 2.18. The number of hydrogen-bond acceptors (Lipinski definition) is 5. The Hall–Kier alpha value is -0.853. The van der Waals surface area contributed by atoms with Gasteiger partial charge in [0.05, 0.1) is 12.7 Å². The molecule has 3 atom stereocenters. The maximum absolute atomic E-state index is 12.1. The zero-order chi connectivity index (χ0) is 18.0. The molecule has 0 saturated carbocycles. The van der Waals surface area contributed by atoms with E-state index in [0.717, 1.165) is 25.9 Å². The van der Waals surface area contributed by atoms with E-state index in [0.29, 0.717) is 6.61 Å². The van der Waals surface area contributed by atoms with Crippen molar-refractivity contribution >= 4 is 14.3 Å². The molecule has 0 radical (unpaired) electrons. The van der Waals surface area contributed by atoms with Crippen LogP contribution in [-0.2, 0) is 23.4 Å². The average molecular weight is 357 g/mol. The molecule has 2 heterocycles. The zero-order valence-electron chi connectivity index (χ0n) is 15.9. The molecule has 0 aliphatic carbocycles. The third kappa shape index (κ3) is 4.40. The summed E-state index contributed by atoms with van der Waals surface area (Å²) in [6.07, 6.45) is 4.37. The highest BCUT2D eigenvalue weighted by atomic mass is 28.4. The Morgan fingerprint density at radius 3 is 2.58 bits per heavy atom. The maximum atomic E-state index is 12.1. The lowest BCUT2D eigenvalue weighted by Gasteiger charge is -2.40. The lowest BCUT2D eigenvalue weighted by molar-refractivity contribution is -0.146. The molecule has 0 amide bonds. The van der Waals surface area contributed by atoms with Crippen molar-refractivity contribution in [3.05, 3.63) is 11.8 Å². The Morgan fingerprint density at radius 2 is 2.04 bits per heavy atom. The van der Waals surface area contributed by atoms with Crippen LogP contribution in [0.2, 0.25) is 18.1 Å². The van der Waals surface area contributed by atoms with E-state index in [9.17, 15) is 4.79 Å². The number of ether oxygens (including phenoxy) is 3. The van der Waals surface area contributed by atoms with Crippen molar-refractivity contribution in [1.29, 1.82) is 0 Å². The fraction of sp³-hybridized carbons (Fsp3) is 0.833. The number of carbonyl (C=O) groups excluding carboxylic acids is 1. The second kappa shape index (κ2) is 7.58. The largest absolute Gasteiger partial charge is 0.478 e. The van der Waals surface area contributed by atoms with E-state index in [-0.39, 0.29) is 29.1 Å². The first-order valence-electron chi connectivity index (χ1n) is 9.00. The second-order valence-electron chi connectivity index (χ2n) is 8.08. The van der Waals surface area contributed by atoms with Crippen LogP contribution in [0, 0.1) is 0 Å². The average Bonchev–Trinajstić information content (AvgIpc) is 2.90. The highest BCUT2D eigenvalue weighted by Crippen LogP contribution is 2.40. The van der Waals surface area contributed by atoms with E-state index in [4.69, 9.17) is 18.6 Å². The Labute approximate surface area is 146 Å². The fourth-order valence-corrected chi connectivity index (χ4v) is 3.98. The van der Waals surface area contributed by atoms with Gasteiger partial charge in [0, 0.05) is 6.61 Å². The number of carbonyl (C=O) groups is 1. The van der Waals surface area contributed by atoms with Crippen LogP contribution in [0.15, 0.2) is 11.8 Å². The van der Waals surface area contributed by atoms with E-state index in [1.54, 1.807) is 13.0 Å². The van der Waals surface area contributed by atoms with Crippen molar-refractivity contribution in [2.24, 2.45) is 0 Å². The smallest absolute Gasteiger partial charge is 0.373 e. The summed E-state index contributed by atoms with van der Waals surface area (Å²) in [6.45, 7) is 13.9. The van der Waals surface area contributed by atoms with Gasteiger partial charge in [0.25, 0.3) is 0 Å². The van der Waals surface area contributed by atoms with Crippen molar-refractivity contribution in [2.75, 3.05) is 13.2 Å². The van der Waals surface area contributed by atoms with Gasteiger partial charge in [0.2, 0.25) is 5.76 Å². The molecule has 1 unspecified atom stereocenters. The summed E-state index contributed by atoms with van der Waals surface area (Å²) in [7, 11) is -1.99. The molecule has 1 saturated heterocycles. The van der Waals surface area contributed by atoms with Crippen molar-refractivity contribution in [3.8, 4) is 0 Å². The van der Waals surface area contributed by atoms with E-state index in [1.165, 1.54) is 0 Å². The van der Waals surface area contributed by atoms with Crippen molar-refractivity contribution in [2.45, 2.75) is 83.4 Å². The third-order valence-electron chi connectivity index (χ3n) is 5.20. The minimum Gasteiger partial charge on any atom is -0.478 e. The van der Waals surface area contributed by atoms with Crippen LogP contribution in [0.4, 0.5) is 0 Å². The molecule has 0 aromatic rings. The minimum atomic E-state index is -1.99. The topological polar surface area (TPSA) is 54.0 Å². The molecular weight excluding hydrogens is 324 g/mol. The predicted molar refractivity (Wildman–Crippen MR) is 95.3 cm³/mol. The number of rotatable bonds is 5. The lowest BCUT2D eigenvalue weighted by atomic mass is 10.0. The molecule has 0 N–H and O–H groups in total. The molecule has 138 valence electrons. The van der Waals surface area contributed by atoms with Crippen LogP contribution in [0.3, 0.4) is 0 Å². The zero-order valence-corrected chi connectivity index (χ0v) is 16.9. The van der Waals surface area contributed by atoms with E-state index in [2.05, 4.69) is 33.9 Å². The SMILES string of the molecule is CCOC(=O)C1=C[C@H](O[Si](C)(C)C(C)(C)C)[C@@H](C2CCCCO2)O1. The first-order chi connectivity index (χ1) is 11.2. The molecule has 24 heavy (non-hydrogen) atoms. The van der Waals surface area contributed by atoms with Gasteiger partial charge in [0.1, 0.15) is 6.10 Å². The first-order valence-corrected chi connectivity index (χ1v) is 11.9. The van der Waals surface area contributed by atoms with Crippen LogP contribution >= 0.6 is 0 Å². The van der Waals surface area contributed by atoms with Gasteiger partial charge in [-0.3, -0.25) is 0 Å². The maximum Gasteiger partial charge on any atom is 0.373 e. The van der Waals surface area contributed by atoms with Crippen LogP contribution in [0.5, 0.6) is 0 Å². The van der Waals surface area contributed by atoms with Gasteiger partial charge >= 0.3 is 5.97 Å². The van der Waals surface area contributed by atoms with Crippen molar-refractivity contribution in [3.63, 3.8) is 0 Å². The summed E-state index contributed by atoms with van der Waals surface area (Å²) in [6, 6.07) is 0. The van der Waals surface area contributed by atoms with Gasteiger partial charge < -0.3 is 18.6 Å². The lowest BCUT2D eigenvalue weighted by Crippen LogP contribution is -2.49. The monoisotopic (exact) mass is 356 g/mol. The Kier molecular flexibility index (Phi) is 6.15. The van der Waals surface area contributed by atoms with Gasteiger partial charge in [-0.2, -0.15) is 0 Å². The molecule has 1 fully saturated rings.